The number of rotatable bonds is 15. The summed E-state index contributed by atoms with van der Waals surface area (Å²) < 4.78 is 10.7. The minimum absolute atomic E-state index is 0.180. The van der Waals surface area contributed by atoms with Gasteiger partial charge in [-0.25, -0.2) is 0 Å². The predicted molar refractivity (Wildman–Crippen MR) is 119 cm³/mol. The minimum atomic E-state index is -0.576. The van der Waals surface area contributed by atoms with E-state index in [2.05, 4.69) is 17.1 Å². The molecule has 1 atom stereocenters. The van der Waals surface area contributed by atoms with Gasteiger partial charge in [0.25, 0.3) is 5.89 Å². The van der Waals surface area contributed by atoms with Gasteiger partial charge in [0, 0.05) is 12.0 Å². The Kier molecular flexibility index (Phi) is 11.2. The summed E-state index contributed by atoms with van der Waals surface area (Å²) in [5, 5.41) is 4.11. The van der Waals surface area contributed by atoms with Crippen molar-refractivity contribution in [2.24, 2.45) is 5.73 Å². The fraction of sp³-hybridized carbons (Fsp3) is 0.625. The summed E-state index contributed by atoms with van der Waals surface area (Å²) in [6.07, 6.45) is 13.0. The van der Waals surface area contributed by atoms with Gasteiger partial charge >= 0.3 is 5.97 Å². The van der Waals surface area contributed by atoms with Crippen molar-refractivity contribution in [1.29, 1.82) is 0 Å². The molecule has 0 aliphatic heterocycles. The van der Waals surface area contributed by atoms with E-state index < -0.39 is 6.04 Å². The van der Waals surface area contributed by atoms with Crippen LogP contribution in [0.3, 0.4) is 0 Å². The number of hydrogen-bond donors (Lipinski definition) is 1. The number of nitrogens with two attached hydrogens (primary N) is 1. The van der Waals surface area contributed by atoms with Crippen LogP contribution in [0.1, 0.15) is 89.4 Å². The molecule has 30 heavy (non-hydrogen) atoms. The van der Waals surface area contributed by atoms with E-state index in [0.29, 0.717) is 12.3 Å². The number of aryl methyl sites for hydroxylation is 1. The van der Waals surface area contributed by atoms with Gasteiger partial charge in [0.2, 0.25) is 0 Å². The van der Waals surface area contributed by atoms with Crippen LogP contribution in [0.15, 0.2) is 28.8 Å². The smallest absolute Gasteiger partial charge is 0.323 e. The van der Waals surface area contributed by atoms with Crippen LogP contribution in [0.5, 0.6) is 0 Å². The molecule has 0 fully saturated rings. The van der Waals surface area contributed by atoms with Gasteiger partial charge in [0.1, 0.15) is 12.6 Å². The Hall–Kier alpha value is -2.21. The van der Waals surface area contributed by atoms with Gasteiger partial charge in [-0.05, 0) is 30.5 Å². The predicted octanol–water partition coefficient (Wildman–Crippen LogP) is 5.59. The quantitative estimate of drug-likeness (QED) is 0.301. The molecular weight excluding hydrogens is 378 g/mol. The van der Waals surface area contributed by atoms with E-state index in [1.807, 2.05) is 31.2 Å². The Balaban J connectivity index is 1.73. The number of hydrogen-bond acceptors (Lipinski definition) is 6. The second kappa shape index (κ2) is 13.9. The molecule has 6 nitrogen and oxygen atoms in total. The van der Waals surface area contributed by atoms with Crippen LogP contribution in [0, 0.1) is 0 Å². The molecule has 1 unspecified atom stereocenters. The minimum Gasteiger partial charge on any atom is -0.460 e. The first-order chi connectivity index (χ1) is 14.6. The average Bonchev–Trinajstić information content (AvgIpc) is 3.25. The van der Waals surface area contributed by atoms with Gasteiger partial charge in [-0.15, -0.1) is 0 Å². The zero-order chi connectivity index (χ0) is 21.6. The summed E-state index contributed by atoms with van der Waals surface area (Å²) in [5.41, 5.74) is 7.38. The molecule has 6 heteroatoms. The first-order valence-electron chi connectivity index (χ1n) is 11.5. The van der Waals surface area contributed by atoms with E-state index in [1.165, 1.54) is 51.4 Å². The van der Waals surface area contributed by atoms with E-state index in [4.69, 9.17) is 15.0 Å². The SMILES string of the molecule is CCCCCCCCCCCc1noc(-c2cccc(COC(=O)C(N)CC)c2)n1. The Labute approximate surface area is 180 Å². The maximum atomic E-state index is 11.7. The lowest BCUT2D eigenvalue weighted by atomic mass is 10.1. The lowest BCUT2D eigenvalue weighted by Gasteiger charge is -2.09. The number of unbranched alkanes of at least 4 members (excludes halogenated alkanes) is 8. The van der Waals surface area contributed by atoms with Crippen molar-refractivity contribution in [2.75, 3.05) is 0 Å². The molecule has 1 heterocycles. The lowest BCUT2D eigenvalue weighted by molar-refractivity contribution is -0.146. The third-order valence-electron chi connectivity index (χ3n) is 5.27. The van der Waals surface area contributed by atoms with Crippen LogP contribution in [0.2, 0.25) is 0 Å². The number of esters is 1. The Morgan fingerprint density at radius 1 is 1.07 bits per heavy atom. The van der Waals surface area contributed by atoms with E-state index in [1.54, 1.807) is 0 Å². The van der Waals surface area contributed by atoms with Gasteiger partial charge in [-0.2, -0.15) is 4.98 Å². The molecule has 0 amide bonds. The number of carbonyl (C=O) groups excluding carboxylic acids is 1. The summed E-state index contributed by atoms with van der Waals surface area (Å²) in [4.78, 5) is 16.3. The molecule has 1 aromatic heterocycles. The highest BCUT2D eigenvalue weighted by atomic mass is 16.5. The molecule has 2 N–H and O–H groups in total. The number of nitrogens with zero attached hydrogens (tertiary/aromatic N) is 2. The lowest BCUT2D eigenvalue weighted by Crippen LogP contribution is -2.31. The molecule has 0 spiro atoms. The maximum absolute atomic E-state index is 11.7. The summed E-state index contributed by atoms with van der Waals surface area (Å²) in [5.74, 6) is 0.863. The second-order valence-electron chi connectivity index (χ2n) is 7.92. The van der Waals surface area contributed by atoms with Gasteiger partial charge in [0.15, 0.2) is 5.82 Å². The van der Waals surface area contributed by atoms with Crippen molar-refractivity contribution in [1.82, 2.24) is 10.1 Å². The van der Waals surface area contributed by atoms with E-state index in [0.717, 1.165) is 29.8 Å². The molecule has 166 valence electrons. The first kappa shape index (κ1) is 24.1. The fourth-order valence-corrected chi connectivity index (χ4v) is 3.29. The van der Waals surface area contributed by atoms with E-state index in [9.17, 15) is 4.79 Å². The third kappa shape index (κ3) is 8.66. The summed E-state index contributed by atoms with van der Waals surface area (Å²) in [6.45, 7) is 4.29. The monoisotopic (exact) mass is 415 g/mol. The van der Waals surface area contributed by atoms with Gasteiger partial charge in [-0.1, -0.05) is 82.5 Å². The molecule has 2 aromatic rings. The molecule has 0 aliphatic carbocycles. The number of aromatic nitrogens is 2. The highest BCUT2D eigenvalue weighted by Crippen LogP contribution is 2.20. The molecule has 0 saturated carbocycles. The van der Waals surface area contributed by atoms with Crippen LogP contribution < -0.4 is 5.73 Å². The van der Waals surface area contributed by atoms with Crippen molar-refractivity contribution in [3.63, 3.8) is 0 Å². The molecule has 0 aliphatic rings. The number of ether oxygens (including phenoxy) is 1. The van der Waals surface area contributed by atoms with Gasteiger partial charge < -0.3 is 15.0 Å². The zero-order valence-corrected chi connectivity index (χ0v) is 18.6. The van der Waals surface area contributed by atoms with Crippen LogP contribution in [0.4, 0.5) is 0 Å². The van der Waals surface area contributed by atoms with Crippen molar-refractivity contribution in [2.45, 2.75) is 97.1 Å². The molecule has 2 rings (SSSR count). The standard InChI is InChI=1S/C24H37N3O3/c1-3-5-6-7-8-9-10-11-12-16-22-26-23(30-27-22)20-15-13-14-19(17-20)18-29-24(28)21(25)4-2/h13-15,17,21H,3-12,16,18,25H2,1-2H3. The summed E-state index contributed by atoms with van der Waals surface area (Å²) in [6, 6.07) is 7.03. The van der Waals surface area contributed by atoms with Gasteiger partial charge in [0.05, 0.1) is 0 Å². The first-order valence-corrected chi connectivity index (χ1v) is 11.5. The van der Waals surface area contributed by atoms with Gasteiger partial charge in [-0.3, -0.25) is 4.79 Å². The van der Waals surface area contributed by atoms with E-state index >= 15 is 0 Å². The van der Waals surface area contributed by atoms with Crippen molar-refractivity contribution >= 4 is 5.97 Å². The normalized spacial score (nSPS) is 12.1. The topological polar surface area (TPSA) is 91.2 Å². The Morgan fingerprint density at radius 2 is 1.77 bits per heavy atom. The zero-order valence-electron chi connectivity index (χ0n) is 18.6. The average molecular weight is 416 g/mol. The molecule has 1 aromatic carbocycles. The number of benzene rings is 1. The highest BCUT2D eigenvalue weighted by molar-refractivity contribution is 5.75. The van der Waals surface area contributed by atoms with Crippen LogP contribution in [0.25, 0.3) is 11.5 Å². The van der Waals surface area contributed by atoms with Crippen molar-refractivity contribution < 1.29 is 14.1 Å². The third-order valence-corrected chi connectivity index (χ3v) is 5.27. The van der Waals surface area contributed by atoms with Crippen molar-refractivity contribution in [3.8, 4) is 11.5 Å². The Bertz CT molecular complexity index is 745. The second-order valence-corrected chi connectivity index (χ2v) is 7.92. The Morgan fingerprint density at radius 3 is 2.47 bits per heavy atom. The fourth-order valence-electron chi connectivity index (χ4n) is 3.29. The molecule has 0 saturated heterocycles. The van der Waals surface area contributed by atoms with Crippen LogP contribution in [-0.4, -0.2) is 22.2 Å². The summed E-state index contributed by atoms with van der Waals surface area (Å²) in [7, 11) is 0. The number of carbonyl (C=O) groups is 1. The molecular formula is C24H37N3O3. The summed E-state index contributed by atoms with van der Waals surface area (Å²) >= 11 is 0. The highest BCUT2D eigenvalue weighted by Gasteiger charge is 2.13. The van der Waals surface area contributed by atoms with Crippen LogP contribution in [-0.2, 0) is 22.6 Å². The van der Waals surface area contributed by atoms with Crippen molar-refractivity contribution in [3.05, 3.63) is 35.7 Å². The van der Waals surface area contributed by atoms with Crippen LogP contribution >= 0.6 is 0 Å². The van der Waals surface area contributed by atoms with E-state index in [-0.39, 0.29) is 12.6 Å². The molecule has 0 radical (unpaired) electrons. The maximum Gasteiger partial charge on any atom is 0.323 e. The molecule has 0 bridgehead atoms. The largest absolute Gasteiger partial charge is 0.460 e.